The van der Waals surface area contributed by atoms with E-state index in [4.69, 9.17) is 0 Å². The van der Waals surface area contributed by atoms with E-state index >= 15 is 0 Å². The zero-order valence-corrected chi connectivity index (χ0v) is 17.7. The van der Waals surface area contributed by atoms with Gasteiger partial charge in [0.05, 0.1) is 4.90 Å². The molecule has 0 aliphatic carbocycles. The minimum absolute atomic E-state index is 0.149. The molecular formula is C21H24N2O2S2. The summed E-state index contributed by atoms with van der Waals surface area (Å²) in [6.07, 6.45) is 0. The van der Waals surface area contributed by atoms with Gasteiger partial charge in [-0.1, -0.05) is 58.9 Å². The van der Waals surface area contributed by atoms with Crippen LogP contribution in [0.25, 0.3) is 10.6 Å². The lowest BCUT2D eigenvalue weighted by atomic mass is 10.2. The molecule has 0 fully saturated rings. The molecule has 27 heavy (non-hydrogen) atoms. The van der Waals surface area contributed by atoms with Gasteiger partial charge in [0.25, 0.3) is 0 Å². The average Bonchev–Trinajstić information content (AvgIpc) is 3.10. The Morgan fingerprint density at radius 1 is 0.889 bits per heavy atom. The molecule has 3 aromatic rings. The van der Waals surface area contributed by atoms with Gasteiger partial charge in [-0.15, -0.1) is 0 Å². The van der Waals surface area contributed by atoms with Gasteiger partial charge in [-0.25, -0.2) is 13.4 Å². The van der Waals surface area contributed by atoms with Crippen LogP contribution < -0.4 is 4.90 Å². The molecule has 1 heterocycles. The molecule has 0 atom stereocenters. The van der Waals surface area contributed by atoms with Crippen molar-refractivity contribution in [2.75, 3.05) is 18.0 Å². The fourth-order valence-electron chi connectivity index (χ4n) is 2.83. The van der Waals surface area contributed by atoms with Crippen molar-refractivity contribution < 1.29 is 8.42 Å². The molecule has 0 unspecified atom stereocenters. The summed E-state index contributed by atoms with van der Waals surface area (Å²) in [7, 11) is -3.69. The van der Waals surface area contributed by atoms with Crippen molar-refractivity contribution in [2.45, 2.75) is 37.6 Å². The van der Waals surface area contributed by atoms with Crippen LogP contribution >= 0.6 is 11.3 Å². The van der Waals surface area contributed by atoms with E-state index in [1.807, 2.05) is 64.1 Å². The van der Waals surface area contributed by atoms with Crippen LogP contribution in [0.5, 0.6) is 0 Å². The molecule has 0 amide bonds. The molecule has 0 radical (unpaired) electrons. The Kier molecular flexibility index (Phi) is 5.67. The summed E-state index contributed by atoms with van der Waals surface area (Å²) in [6, 6.07) is 15.0. The van der Waals surface area contributed by atoms with Crippen molar-refractivity contribution in [3.05, 3.63) is 59.7 Å². The Hall–Kier alpha value is -2.18. The smallest absolute Gasteiger partial charge is 0.226 e. The number of rotatable bonds is 6. The minimum atomic E-state index is -3.69. The topological polar surface area (TPSA) is 50.3 Å². The summed E-state index contributed by atoms with van der Waals surface area (Å²) >= 11 is 1.44. The van der Waals surface area contributed by atoms with Crippen molar-refractivity contribution in [1.82, 2.24) is 4.98 Å². The van der Waals surface area contributed by atoms with Crippen LogP contribution in [-0.2, 0) is 9.84 Å². The number of sulfone groups is 1. The van der Waals surface area contributed by atoms with E-state index in [1.165, 1.54) is 11.3 Å². The maximum absolute atomic E-state index is 13.3. The van der Waals surface area contributed by atoms with Crippen LogP contribution in [0.3, 0.4) is 0 Å². The van der Waals surface area contributed by atoms with Crippen LogP contribution in [0.15, 0.2) is 58.5 Å². The number of anilines is 1. The largest absolute Gasteiger partial charge is 0.362 e. The van der Waals surface area contributed by atoms with Gasteiger partial charge < -0.3 is 4.90 Å². The molecule has 0 N–H and O–H groups in total. The van der Waals surface area contributed by atoms with Crippen LogP contribution in [0.4, 0.5) is 5.00 Å². The van der Waals surface area contributed by atoms with Gasteiger partial charge in [0.2, 0.25) is 9.84 Å². The van der Waals surface area contributed by atoms with E-state index in [0.717, 1.165) is 34.8 Å². The van der Waals surface area contributed by atoms with Crippen molar-refractivity contribution in [3.8, 4) is 10.6 Å². The maximum Gasteiger partial charge on any atom is 0.226 e. The molecule has 0 spiro atoms. The second kappa shape index (κ2) is 7.82. The maximum atomic E-state index is 13.3. The number of hydrogen-bond donors (Lipinski definition) is 0. The first-order valence-corrected chi connectivity index (χ1v) is 11.3. The van der Waals surface area contributed by atoms with Crippen molar-refractivity contribution in [2.24, 2.45) is 0 Å². The van der Waals surface area contributed by atoms with Gasteiger partial charge in [0.15, 0.2) is 5.03 Å². The third-order valence-electron chi connectivity index (χ3n) is 4.51. The lowest BCUT2D eigenvalue weighted by Crippen LogP contribution is -2.22. The van der Waals surface area contributed by atoms with Crippen LogP contribution in [0.2, 0.25) is 0 Å². The number of hydrogen-bond acceptors (Lipinski definition) is 5. The Morgan fingerprint density at radius 2 is 1.41 bits per heavy atom. The van der Waals surface area contributed by atoms with Crippen molar-refractivity contribution in [3.63, 3.8) is 0 Å². The van der Waals surface area contributed by atoms with Gasteiger partial charge in [0, 0.05) is 18.7 Å². The first-order chi connectivity index (χ1) is 12.9. The van der Waals surface area contributed by atoms with E-state index in [9.17, 15) is 8.42 Å². The zero-order valence-electron chi connectivity index (χ0n) is 16.1. The molecule has 6 heteroatoms. The molecule has 0 aliphatic rings. The van der Waals surface area contributed by atoms with Gasteiger partial charge in [0.1, 0.15) is 10.0 Å². The van der Waals surface area contributed by atoms with E-state index in [2.05, 4.69) is 9.88 Å². The number of aryl methyl sites for hydroxylation is 2. The number of benzene rings is 2. The Balaban J connectivity index is 2.17. The van der Waals surface area contributed by atoms with E-state index in [0.29, 0.717) is 5.00 Å². The number of thiazole rings is 1. The van der Waals surface area contributed by atoms with Crippen molar-refractivity contribution >= 4 is 26.2 Å². The second-order valence-corrected chi connectivity index (χ2v) is 9.33. The summed E-state index contributed by atoms with van der Waals surface area (Å²) in [6.45, 7) is 9.47. The van der Waals surface area contributed by atoms with Gasteiger partial charge in [-0.05, 0) is 39.8 Å². The highest BCUT2D eigenvalue weighted by atomic mass is 32.2. The summed E-state index contributed by atoms with van der Waals surface area (Å²) < 4.78 is 26.6. The molecule has 3 rings (SSSR count). The molecule has 4 nitrogen and oxygen atoms in total. The normalized spacial score (nSPS) is 11.6. The second-order valence-electron chi connectivity index (χ2n) is 6.48. The standard InChI is InChI=1S/C21H24N2O2S2/c1-5-23(6-2)21-20(27(24,25)18-13-9-16(4)10-14-18)22-19(26-21)17-11-7-15(3)8-12-17/h7-14H,5-6H2,1-4H3. The molecule has 1 aromatic heterocycles. The monoisotopic (exact) mass is 400 g/mol. The molecule has 142 valence electrons. The SMILES string of the molecule is CCN(CC)c1sc(-c2ccc(C)cc2)nc1S(=O)(=O)c1ccc(C)cc1. The highest BCUT2D eigenvalue weighted by Crippen LogP contribution is 2.39. The highest BCUT2D eigenvalue weighted by molar-refractivity contribution is 7.91. The minimum Gasteiger partial charge on any atom is -0.362 e. The molecule has 2 aromatic carbocycles. The summed E-state index contributed by atoms with van der Waals surface area (Å²) in [5.41, 5.74) is 3.12. The third kappa shape index (κ3) is 3.92. The summed E-state index contributed by atoms with van der Waals surface area (Å²) in [5, 5.41) is 1.58. The van der Waals surface area contributed by atoms with E-state index < -0.39 is 9.84 Å². The molecule has 0 saturated carbocycles. The van der Waals surface area contributed by atoms with Gasteiger partial charge >= 0.3 is 0 Å². The fraction of sp³-hybridized carbons (Fsp3) is 0.286. The molecule has 0 bridgehead atoms. The quantitative estimate of drug-likeness (QED) is 0.577. The predicted molar refractivity (Wildman–Crippen MR) is 112 cm³/mol. The predicted octanol–water partition coefficient (Wildman–Crippen LogP) is 5.11. The Bertz CT molecular complexity index is 1020. The van der Waals surface area contributed by atoms with Crippen LogP contribution in [0, 0.1) is 13.8 Å². The number of nitrogens with zero attached hydrogens (tertiary/aromatic N) is 2. The molecular weight excluding hydrogens is 376 g/mol. The first-order valence-electron chi connectivity index (χ1n) is 9.01. The lowest BCUT2D eigenvalue weighted by molar-refractivity contribution is 0.593. The highest BCUT2D eigenvalue weighted by Gasteiger charge is 2.28. The van der Waals surface area contributed by atoms with E-state index in [-0.39, 0.29) is 9.92 Å². The first kappa shape index (κ1) is 19.6. The lowest BCUT2D eigenvalue weighted by Gasteiger charge is -2.19. The average molecular weight is 401 g/mol. The molecule has 0 saturated heterocycles. The van der Waals surface area contributed by atoms with Crippen molar-refractivity contribution in [1.29, 1.82) is 0 Å². The Morgan fingerprint density at radius 3 is 1.93 bits per heavy atom. The van der Waals surface area contributed by atoms with E-state index in [1.54, 1.807) is 12.1 Å². The fourth-order valence-corrected chi connectivity index (χ4v) is 5.73. The third-order valence-corrected chi connectivity index (χ3v) is 7.50. The molecule has 0 aliphatic heterocycles. The number of aromatic nitrogens is 1. The van der Waals surface area contributed by atoms with Crippen LogP contribution in [-0.4, -0.2) is 26.5 Å². The van der Waals surface area contributed by atoms with Crippen LogP contribution in [0.1, 0.15) is 25.0 Å². The summed E-state index contributed by atoms with van der Waals surface area (Å²) in [5.74, 6) is 0. The zero-order chi connectivity index (χ0) is 19.6. The Labute approximate surface area is 165 Å². The van der Waals surface area contributed by atoms with Gasteiger partial charge in [-0.3, -0.25) is 0 Å². The van der Waals surface area contributed by atoms with Gasteiger partial charge in [-0.2, -0.15) is 0 Å². The summed E-state index contributed by atoms with van der Waals surface area (Å²) in [4.78, 5) is 6.92.